The molecule has 0 fully saturated rings. The van der Waals surface area contributed by atoms with Gasteiger partial charge < -0.3 is 16.6 Å². The van der Waals surface area contributed by atoms with Crippen LogP contribution in [0.5, 0.6) is 0 Å². The van der Waals surface area contributed by atoms with Crippen LogP contribution >= 0.6 is 0 Å². The van der Waals surface area contributed by atoms with Crippen molar-refractivity contribution in [2.75, 3.05) is 5.73 Å². The first-order valence-corrected chi connectivity index (χ1v) is 3.77. The number of nitrogens with zero attached hydrogens (tertiary/aromatic N) is 1. The number of rotatable bonds is 2. The summed E-state index contributed by atoms with van der Waals surface area (Å²) in [7, 11) is 0. The minimum atomic E-state index is -0.786. The maximum atomic E-state index is 9.51. The van der Waals surface area contributed by atoms with Crippen LogP contribution in [0, 0.1) is 0 Å². The van der Waals surface area contributed by atoms with Gasteiger partial charge >= 0.3 is 0 Å². The van der Waals surface area contributed by atoms with Crippen molar-refractivity contribution in [1.29, 1.82) is 0 Å². The minimum absolute atomic E-state index is 0.359. The molecular weight excluding hydrogens is 154 g/mol. The maximum Gasteiger partial charge on any atom is 0.113 e. The number of aliphatic hydroxyl groups is 1. The predicted molar refractivity (Wildman–Crippen MR) is 47.3 cm³/mol. The molecule has 0 bridgehead atoms. The van der Waals surface area contributed by atoms with Gasteiger partial charge in [0.25, 0.3) is 0 Å². The fourth-order valence-electron chi connectivity index (χ4n) is 0.926. The second-order valence-electron chi connectivity index (χ2n) is 2.78. The molecule has 1 heterocycles. The number of hydrogen-bond donors (Lipinski definition) is 3. The molecule has 66 valence electrons. The summed E-state index contributed by atoms with van der Waals surface area (Å²) in [5, 5.41) is 9.51. The van der Waals surface area contributed by atoms with E-state index >= 15 is 0 Å². The first-order valence-electron chi connectivity index (χ1n) is 3.77. The number of aromatic nitrogens is 1. The molecule has 0 amide bonds. The third-order valence-electron chi connectivity index (χ3n) is 1.65. The van der Waals surface area contributed by atoms with E-state index in [0.717, 1.165) is 0 Å². The summed E-state index contributed by atoms with van der Waals surface area (Å²) in [6.07, 6.45) is 0.795. The van der Waals surface area contributed by atoms with Crippen molar-refractivity contribution in [1.82, 2.24) is 4.98 Å². The van der Waals surface area contributed by atoms with Gasteiger partial charge in [0.2, 0.25) is 0 Å². The van der Waals surface area contributed by atoms with E-state index in [1.54, 1.807) is 25.3 Å². The van der Waals surface area contributed by atoms with Crippen molar-refractivity contribution in [2.45, 2.75) is 19.1 Å². The monoisotopic (exact) mass is 167 g/mol. The molecule has 0 spiro atoms. The summed E-state index contributed by atoms with van der Waals surface area (Å²) >= 11 is 0. The van der Waals surface area contributed by atoms with Crippen molar-refractivity contribution in [2.24, 2.45) is 5.73 Å². The zero-order chi connectivity index (χ0) is 9.14. The van der Waals surface area contributed by atoms with Gasteiger partial charge in [0.15, 0.2) is 0 Å². The second kappa shape index (κ2) is 3.51. The topological polar surface area (TPSA) is 85.2 Å². The Morgan fingerprint density at radius 2 is 2.25 bits per heavy atom. The molecule has 0 radical (unpaired) electrons. The Kier molecular flexibility index (Phi) is 2.62. The van der Waals surface area contributed by atoms with Crippen LogP contribution in [0.1, 0.15) is 18.7 Å². The average Bonchev–Trinajstić information content (AvgIpc) is 2.04. The molecule has 0 unspecified atom stereocenters. The molecule has 1 aromatic rings. The zero-order valence-corrected chi connectivity index (χ0v) is 6.94. The Morgan fingerprint density at radius 1 is 1.58 bits per heavy atom. The third-order valence-corrected chi connectivity index (χ3v) is 1.65. The van der Waals surface area contributed by atoms with E-state index in [9.17, 15) is 5.11 Å². The predicted octanol–water partition coefficient (Wildman–Crippen LogP) is 0.0444. The molecule has 2 atom stereocenters. The second-order valence-corrected chi connectivity index (χ2v) is 2.78. The van der Waals surface area contributed by atoms with Gasteiger partial charge in [0.1, 0.15) is 6.10 Å². The summed E-state index contributed by atoms with van der Waals surface area (Å²) in [4.78, 5) is 3.94. The molecule has 1 aromatic heterocycles. The van der Waals surface area contributed by atoms with Crippen LogP contribution in [0.15, 0.2) is 18.3 Å². The first-order chi connectivity index (χ1) is 5.63. The van der Waals surface area contributed by atoms with Crippen LogP contribution in [-0.2, 0) is 0 Å². The molecule has 0 aliphatic heterocycles. The van der Waals surface area contributed by atoms with Crippen LogP contribution in [0.4, 0.5) is 5.69 Å². The Balaban J connectivity index is 2.94. The summed E-state index contributed by atoms with van der Waals surface area (Å²) in [5.41, 5.74) is 12.0. The van der Waals surface area contributed by atoms with Crippen LogP contribution in [0.2, 0.25) is 0 Å². The third kappa shape index (κ3) is 1.72. The lowest BCUT2D eigenvalue weighted by Crippen LogP contribution is -2.25. The Labute approximate surface area is 71.2 Å². The lowest BCUT2D eigenvalue weighted by Gasteiger charge is -2.14. The van der Waals surface area contributed by atoms with Crippen molar-refractivity contribution in [3.63, 3.8) is 0 Å². The van der Waals surface area contributed by atoms with E-state index in [4.69, 9.17) is 11.5 Å². The number of nitrogen functional groups attached to an aromatic ring is 1. The highest BCUT2D eigenvalue weighted by Crippen LogP contribution is 2.18. The number of aliphatic hydroxyl groups excluding tert-OH is 1. The highest BCUT2D eigenvalue weighted by atomic mass is 16.3. The molecule has 12 heavy (non-hydrogen) atoms. The number of nitrogens with two attached hydrogens (primary N) is 2. The van der Waals surface area contributed by atoms with Crippen LogP contribution < -0.4 is 11.5 Å². The number of hydrogen-bond acceptors (Lipinski definition) is 4. The molecular formula is C8H13N3O. The number of pyridine rings is 1. The largest absolute Gasteiger partial charge is 0.397 e. The van der Waals surface area contributed by atoms with Crippen LogP contribution in [-0.4, -0.2) is 16.1 Å². The smallest absolute Gasteiger partial charge is 0.113 e. The van der Waals surface area contributed by atoms with Gasteiger partial charge in [-0.2, -0.15) is 0 Å². The van der Waals surface area contributed by atoms with Gasteiger partial charge in [-0.15, -0.1) is 0 Å². The van der Waals surface area contributed by atoms with Gasteiger partial charge in [0.05, 0.1) is 11.4 Å². The van der Waals surface area contributed by atoms with Crippen molar-refractivity contribution in [3.05, 3.63) is 24.0 Å². The lowest BCUT2D eigenvalue weighted by molar-refractivity contribution is 0.149. The molecule has 0 aliphatic rings. The molecule has 5 N–H and O–H groups in total. The average molecular weight is 167 g/mol. The van der Waals surface area contributed by atoms with Gasteiger partial charge in [-0.1, -0.05) is 0 Å². The standard InChI is InChI=1S/C8H13N3O/c1-5(9)8(12)7-6(10)3-2-4-11-7/h2-5,8,12H,9-10H2,1H3/t5-,8-/m1/s1. The summed E-state index contributed by atoms with van der Waals surface area (Å²) in [6, 6.07) is 3.04. The van der Waals surface area contributed by atoms with Gasteiger partial charge in [-0.3, -0.25) is 4.98 Å². The Hall–Kier alpha value is -1.13. The van der Waals surface area contributed by atoms with Crippen molar-refractivity contribution in [3.8, 4) is 0 Å². The molecule has 0 saturated heterocycles. The Morgan fingerprint density at radius 3 is 2.75 bits per heavy atom. The maximum absolute atomic E-state index is 9.51. The summed E-state index contributed by atoms with van der Waals surface area (Å²) in [5.74, 6) is 0. The number of anilines is 1. The zero-order valence-electron chi connectivity index (χ0n) is 6.94. The van der Waals surface area contributed by atoms with Crippen molar-refractivity contribution < 1.29 is 5.11 Å². The minimum Gasteiger partial charge on any atom is -0.397 e. The van der Waals surface area contributed by atoms with E-state index in [1.165, 1.54) is 0 Å². The highest BCUT2D eigenvalue weighted by Gasteiger charge is 2.15. The quantitative estimate of drug-likeness (QED) is 0.580. The molecule has 4 nitrogen and oxygen atoms in total. The van der Waals surface area contributed by atoms with E-state index in [-0.39, 0.29) is 6.04 Å². The molecule has 0 aliphatic carbocycles. The van der Waals surface area contributed by atoms with E-state index in [1.807, 2.05) is 0 Å². The van der Waals surface area contributed by atoms with Crippen LogP contribution in [0.25, 0.3) is 0 Å². The van der Waals surface area contributed by atoms with Crippen molar-refractivity contribution >= 4 is 5.69 Å². The fraction of sp³-hybridized carbons (Fsp3) is 0.375. The van der Waals surface area contributed by atoms with E-state index in [2.05, 4.69) is 4.98 Å². The van der Waals surface area contributed by atoms with Crippen LogP contribution in [0.3, 0.4) is 0 Å². The highest BCUT2D eigenvalue weighted by molar-refractivity contribution is 5.43. The van der Waals surface area contributed by atoms with Gasteiger partial charge in [0, 0.05) is 12.2 Å². The first kappa shape index (κ1) is 8.96. The SMILES string of the molecule is C[C@@H](N)[C@@H](O)c1ncccc1N. The normalized spacial score (nSPS) is 15.6. The van der Waals surface area contributed by atoms with E-state index < -0.39 is 6.10 Å². The van der Waals surface area contributed by atoms with Gasteiger partial charge in [-0.25, -0.2) is 0 Å². The molecule has 0 aromatic carbocycles. The van der Waals surface area contributed by atoms with E-state index in [0.29, 0.717) is 11.4 Å². The van der Waals surface area contributed by atoms with Gasteiger partial charge in [-0.05, 0) is 19.1 Å². The molecule has 1 rings (SSSR count). The summed E-state index contributed by atoms with van der Waals surface area (Å²) < 4.78 is 0. The summed E-state index contributed by atoms with van der Waals surface area (Å²) in [6.45, 7) is 1.71. The Bertz CT molecular complexity index is 262. The lowest BCUT2D eigenvalue weighted by atomic mass is 10.1. The molecule has 0 saturated carbocycles. The molecule has 4 heteroatoms. The fourth-order valence-corrected chi connectivity index (χ4v) is 0.926.